The number of para-hydroxylation sites is 1. The van der Waals surface area contributed by atoms with Crippen molar-refractivity contribution in [3.63, 3.8) is 0 Å². The standard InChI is InChI=1S/C21H14N2O9S/c24-18(14-6-5-7-15(12-14)22(26)27)13-32-21(25)16-8-1-3-10-19(16)33(30,31)20-11-4-2-9-17(20)23(28)29/h1-12H,13H2. The molecule has 3 aromatic rings. The quantitative estimate of drug-likeness (QED) is 0.208. The maximum Gasteiger partial charge on any atom is 0.339 e. The number of esters is 1. The summed E-state index contributed by atoms with van der Waals surface area (Å²) in [6.07, 6.45) is 0. The van der Waals surface area contributed by atoms with Gasteiger partial charge < -0.3 is 4.74 Å². The number of hydrogen-bond donors (Lipinski definition) is 0. The Bertz CT molecular complexity index is 1380. The lowest BCUT2D eigenvalue weighted by atomic mass is 10.1. The summed E-state index contributed by atoms with van der Waals surface area (Å²) in [5.74, 6) is -1.90. The summed E-state index contributed by atoms with van der Waals surface area (Å²) in [5, 5.41) is 22.1. The maximum absolute atomic E-state index is 13.1. The van der Waals surface area contributed by atoms with Gasteiger partial charge in [-0.25, -0.2) is 13.2 Å². The Morgan fingerprint density at radius 1 is 0.818 bits per heavy atom. The molecule has 11 nitrogen and oxygen atoms in total. The van der Waals surface area contributed by atoms with Crippen LogP contribution in [0.15, 0.2) is 82.6 Å². The van der Waals surface area contributed by atoms with Crippen molar-refractivity contribution in [3.8, 4) is 0 Å². The molecule has 0 aliphatic carbocycles. The van der Waals surface area contributed by atoms with Crippen LogP contribution < -0.4 is 0 Å². The van der Waals surface area contributed by atoms with Crippen LogP contribution in [0.5, 0.6) is 0 Å². The molecule has 0 aliphatic rings. The van der Waals surface area contributed by atoms with E-state index in [0.29, 0.717) is 0 Å². The highest BCUT2D eigenvalue weighted by molar-refractivity contribution is 7.91. The molecule has 33 heavy (non-hydrogen) atoms. The molecule has 168 valence electrons. The molecule has 0 atom stereocenters. The smallest absolute Gasteiger partial charge is 0.339 e. The van der Waals surface area contributed by atoms with Crippen molar-refractivity contribution in [1.82, 2.24) is 0 Å². The van der Waals surface area contributed by atoms with Gasteiger partial charge in [0.2, 0.25) is 15.6 Å². The number of rotatable bonds is 8. The minimum atomic E-state index is -4.50. The lowest BCUT2D eigenvalue weighted by Gasteiger charge is -2.10. The highest BCUT2D eigenvalue weighted by Crippen LogP contribution is 2.31. The number of sulfone groups is 1. The number of Topliss-reactive ketones (excluding diaryl/α,β-unsaturated/α-hetero) is 1. The number of nitro benzene ring substituents is 2. The van der Waals surface area contributed by atoms with Gasteiger partial charge in [-0.1, -0.05) is 36.4 Å². The Morgan fingerprint density at radius 3 is 2.12 bits per heavy atom. The third kappa shape index (κ3) is 4.91. The molecule has 0 aliphatic heterocycles. The molecule has 0 radical (unpaired) electrons. The summed E-state index contributed by atoms with van der Waals surface area (Å²) >= 11 is 0. The largest absolute Gasteiger partial charge is 0.454 e. The summed E-state index contributed by atoms with van der Waals surface area (Å²) in [6.45, 7) is -0.806. The molecule has 3 aromatic carbocycles. The Hall–Kier alpha value is -4.45. The summed E-state index contributed by atoms with van der Waals surface area (Å²) in [6, 6.07) is 14.4. The van der Waals surface area contributed by atoms with Gasteiger partial charge in [0.05, 0.1) is 20.3 Å². The van der Waals surface area contributed by atoms with Crippen LogP contribution in [0.4, 0.5) is 11.4 Å². The van der Waals surface area contributed by atoms with Crippen molar-refractivity contribution >= 4 is 33.0 Å². The number of carbonyl (C=O) groups excluding carboxylic acids is 2. The van der Waals surface area contributed by atoms with Gasteiger partial charge in [0.1, 0.15) is 4.90 Å². The van der Waals surface area contributed by atoms with E-state index >= 15 is 0 Å². The predicted octanol–water partition coefficient (Wildman–Crippen LogP) is 3.38. The highest BCUT2D eigenvalue weighted by atomic mass is 32.2. The molecule has 0 saturated heterocycles. The zero-order valence-corrected chi connectivity index (χ0v) is 17.4. The summed E-state index contributed by atoms with van der Waals surface area (Å²) in [5.41, 5.74) is -1.49. The molecule has 0 bridgehead atoms. The molecule has 0 unspecified atom stereocenters. The van der Waals surface area contributed by atoms with E-state index in [9.17, 15) is 38.2 Å². The Balaban J connectivity index is 1.88. The van der Waals surface area contributed by atoms with Gasteiger partial charge in [-0.15, -0.1) is 0 Å². The maximum atomic E-state index is 13.1. The van der Waals surface area contributed by atoms with Crippen LogP contribution in [-0.2, 0) is 14.6 Å². The fourth-order valence-corrected chi connectivity index (χ4v) is 4.52. The zero-order valence-electron chi connectivity index (χ0n) is 16.6. The van der Waals surface area contributed by atoms with Crippen LogP contribution in [0.25, 0.3) is 0 Å². The first kappa shape index (κ1) is 23.2. The summed E-state index contributed by atoms with van der Waals surface area (Å²) in [7, 11) is -4.50. The molecule has 0 fully saturated rings. The third-order valence-electron chi connectivity index (χ3n) is 4.46. The van der Waals surface area contributed by atoms with E-state index in [1.54, 1.807) is 0 Å². The van der Waals surface area contributed by atoms with E-state index < -0.39 is 59.1 Å². The zero-order chi connectivity index (χ0) is 24.2. The summed E-state index contributed by atoms with van der Waals surface area (Å²) in [4.78, 5) is 44.3. The van der Waals surface area contributed by atoms with E-state index in [1.165, 1.54) is 42.5 Å². The molecule has 12 heteroatoms. The number of nitro groups is 2. The second-order valence-corrected chi connectivity index (χ2v) is 8.42. The van der Waals surface area contributed by atoms with Crippen molar-refractivity contribution < 1.29 is 32.6 Å². The molecule has 0 amide bonds. The first-order valence-corrected chi connectivity index (χ1v) is 10.6. The fraction of sp³-hybridized carbons (Fsp3) is 0.0476. The van der Waals surface area contributed by atoms with Crippen molar-refractivity contribution in [2.45, 2.75) is 9.79 Å². The second-order valence-electron chi connectivity index (χ2n) is 6.53. The number of non-ortho nitro benzene ring substituents is 1. The number of ether oxygens (including phenoxy) is 1. The number of hydrogen-bond acceptors (Lipinski definition) is 9. The summed E-state index contributed by atoms with van der Waals surface area (Å²) < 4.78 is 31.1. The van der Waals surface area contributed by atoms with Gasteiger partial charge in [-0.05, 0) is 18.2 Å². The average molecular weight is 470 g/mol. The van der Waals surface area contributed by atoms with Crippen LogP contribution in [0.3, 0.4) is 0 Å². The van der Waals surface area contributed by atoms with Crippen LogP contribution in [0.2, 0.25) is 0 Å². The second kappa shape index (κ2) is 9.36. The Labute approximate surface area is 186 Å². The SMILES string of the molecule is O=C(COC(=O)c1ccccc1S(=O)(=O)c1ccccc1[N+](=O)[O-])c1cccc([N+](=O)[O-])c1. The predicted molar refractivity (Wildman–Crippen MR) is 113 cm³/mol. The lowest BCUT2D eigenvalue weighted by Crippen LogP contribution is -2.17. The van der Waals surface area contributed by atoms with Crippen molar-refractivity contribution in [2.24, 2.45) is 0 Å². The average Bonchev–Trinajstić information content (AvgIpc) is 2.82. The van der Waals surface area contributed by atoms with E-state index in [1.807, 2.05) is 0 Å². The first-order valence-electron chi connectivity index (χ1n) is 9.15. The van der Waals surface area contributed by atoms with E-state index in [0.717, 1.165) is 30.3 Å². The van der Waals surface area contributed by atoms with Gasteiger partial charge in [0, 0.05) is 23.8 Å². The molecule has 0 saturated carbocycles. The first-order chi connectivity index (χ1) is 15.6. The fourth-order valence-electron chi connectivity index (χ4n) is 2.91. The molecule has 3 rings (SSSR count). The minimum Gasteiger partial charge on any atom is -0.454 e. The lowest BCUT2D eigenvalue weighted by molar-refractivity contribution is -0.387. The van der Waals surface area contributed by atoms with Crippen molar-refractivity contribution in [1.29, 1.82) is 0 Å². The van der Waals surface area contributed by atoms with Crippen molar-refractivity contribution in [3.05, 3.63) is 104 Å². The number of ketones is 1. The molecule has 0 spiro atoms. The number of benzene rings is 3. The van der Waals surface area contributed by atoms with Gasteiger partial charge in [0.15, 0.2) is 6.61 Å². The Kier molecular flexibility index (Phi) is 6.59. The highest BCUT2D eigenvalue weighted by Gasteiger charge is 2.31. The van der Waals surface area contributed by atoms with Crippen LogP contribution >= 0.6 is 0 Å². The third-order valence-corrected chi connectivity index (χ3v) is 6.32. The normalized spacial score (nSPS) is 10.9. The van der Waals surface area contributed by atoms with Crippen LogP contribution in [0.1, 0.15) is 20.7 Å². The van der Waals surface area contributed by atoms with Gasteiger partial charge in [0.25, 0.3) is 11.4 Å². The van der Waals surface area contributed by atoms with Gasteiger partial charge in [-0.3, -0.25) is 25.0 Å². The molecule has 0 aromatic heterocycles. The number of nitrogens with zero attached hydrogens (tertiary/aromatic N) is 2. The van der Waals surface area contributed by atoms with Crippen molar-refractivity contribution in [2.75, 3.05) is 6.61 Å². The Morgan fingerprint density at radius 2 is 1.45 bits per heavy atom. The molecular weight excluding hydrogens is 456 g/mol. The molecule has 0 heterocycles. The van der Waals surface area contributed by atoms with E-state index in [4.69, 9.17) is 4.74 Å². The van der Waals surface area contributed by atoms with Gasteiger partial charge in [-0.2, -0.15) is 0 Å². The van der Waals surface area contributed by atoms with E-state index in [-0.39, 0.29) is 11.3 Å². The topological polar surface area (TPSA) is 164 Å². The molecular formula is C21H14N2O9S. The number of carbonyl (C=O) groups is 2. The van der Waals surface area contributed by atoms with E-state index in [2.05, 4.69) is 0 Å². The van der Waals surface area contributed by atoms with Crippen LogP contribution in [0, 0.1) is 20.2 Å². The van der Waals surface area contributed by atoms with Gasteiger partial charge >= 0.3 is 5.97 Å². The minimum absolute atomic E-state index is 0.0715. The molecule has 0 N–H and O–H groups in total. The monoisotopic (exact) mass is 470 g/mol. The van der Waals surface area contributed by atoms with Crippen LogP contribution in [-0.4, -0.2) is 36.6 Å².